The van der Waals surface area contributed by atoms with Crippen LogP contribution in [0.15, 0.2) is 35.2 Å². The second kappa shape index (κ2) is 9.03. The van der Waals surface area contributed by atoms with E-state index in [1.54, 1.807) is 11.8 Å². The summed E-state index contributed by atoms with van der Waals surface area (Å²) in [6, 6.07) is 9.10. The van der Waals surface area contributed by atoms with Crippen LogP contribution in [0.5, 0.6) is 0 Å². The molecule has 1 aromatic rings. The van der Waals surface area contributed by atoms with Gasteiger partial charge in [0.25, 0.3) is 0 Å². The second-order valence-electron chi connectivity index (χ2n) is 6.65. The van der Waals surface area contributed by atoms with E-state index >= 15 is 0 Å². The van der Waals surface area contributed by atoms with Crippen molar-refractivity contribution in [3.8, 4) is 0 Å². The van der Waals surface area contributed by atoms with Gasteiger partial charge in [-0.3, -0.25) is 19.3 Å². The van der Waals surface area contributed by atoms with Crippen molar-refractivity contribution in [2.24, 2.45) is 0 Å². The maximum atomic E-state index is 12.4. The summed E-state index contributed by atoms with van der Waals surface area (Å²) >= 11 is 1.70. The van der Waals surface area contributed by atoms with Crippen molar-refractivity contribution in [3.63, 3.8) is 0 Å². The third-order valence-electron chi connectivity index (χ3n) is 4.73. The van der Waals surface area contributed by atoms with Crippen LogP contribution < -0.4 is 5.32 Å². The maximum absolute atomic E-state index is 12.4. The molecule has 1 saturated heterocycles. The van der Waals surface area contributed by atoms with Crippen LogP contribution in [0.25, 0.3) is 0 Å². The number of hydrogen-bond donors (Lipinski definition) is 1. The Morgan fingerprint density at radius 3 is 2.48 bits per heavy atom. The summed E-state index contributed by atoms with van der Waals surface area (Å²) in [6.07, 6.45) is 4.10. The van der Waals surface area contributed by atoms with Crippen molar-refractivity contribution in [2.45, 2.75) is 43.0 Å². The predicted molar refractivity (Wildman–Crippen MR) is 101 cm³/mol. The van der Waals surface area contributed by atoms with Crippen LogP contribution in [0.4, 0.5) is 4.79 Å². The quantitative estimate of drug-likeness (QED) is 0.318. The molecule has 1 heterocycles. The Morgan fingerprint density at radius 1 is 1.07 bits per heavy atom. The Labute approximate surface area is 162 Å². The molecule has 1 aliphatic heterocycles. The third-order valence-corrected chi connectivity index (χ3v) is 5.83. The van der Waals surface area contributed by atoms with Crippen molar-refractivity contribution in [3.05, 3.63) is 30.3 Å². The number of thioether (sulfide) groups is 1. The lowest BCUT2D eigenvalue weighted by Crippen LogP contribution is -2.43. The summed E-state index contributed by atoms with van der Waals surface area (Å²) in [6.45, 7) is 0.0492. The molecule has 27 heavy (non-hydrogen) atoms. The van der Waals surface area contributed by atoms with Crippen molar-refractivity contribution in [1.29, 1.82) is 0 Å². The van der Waals surface area contributed by atoms with E-state index in [1.807, 2.05) is 30.3 Å². The third kappa shape index (κ3) is 4.68. The number of urea groups is 1. The van der Waals surface area contributed by atoms with E-state index in [0.29, 0.717) is 6.54 Å². The molecule has 1 N–H and O–H groups in total. The van der Waals surface area contributed by atoms with E-state index in [4.69, 9.17) is 0 Å². The van der Waals surface area contributed by atoms with Crippen LogP contribution in [0, 0.1) is 0 Å². The number of amides is 5. The van der Waals surface area contributed by atoms with Gasteiger partial charge in [0, 0.05) is 17.5 Å². The molecule has 144 valence electrons. The van der Waals surface area contributed by atoms with Gasteiger partial charge in [0.1, 0.15) is 6.54 Å². The molecule has 5 amide bonds. The minimum Gasteiger partial charge on any atom is -0.355 e. The van der Waals surface area contributed by atoms with Crippen LogP contribution >= 0.6 is 11.8 Å². The number of nitrogens with one attached hydrogen (secondary N) is 1. The fourth-order valence-corrected chi connectivity index (χ4v) is 4.23. The lowest BCUT2D eigenvalue weighted by atomic mass is 10.2. The number of benzene rings is 1. The minimum atomic E-state index is -0.901. The molecule has 0 atom stereocenters. The molecule has 0 unspecified atom stereocenters. The van der Waals surface area contributed by atoms with E-state index in [-0.39, 0.29) is 6.04 Å². The molecular weight excluding hydrogens is 366 g/mol. The standard InChI is InChI=1S/C19H23N3O4S/c23-16(20-11-6-12-27-15-9-2-1-3-10-15)13-21-17(24)18(25)22(19(21)26)14-7-4-5-8-14/h1-3,9-10,14H,4-8,11-13H2,(H,20,23). The average molecular weight is 389 g/mol. The Balaban J connectivity index is 1.41. The highest BCUT2D eigenvalue weighted by Gasteiger charge is 2.48. The van der Waals surface area contributed by atoms with Gasteiger partial charge in [-0.15, -0.1) is 11.8 Å². The van der Waals surface area contributed by atoms with Crippen LogP contribution in [0.1, 0.15) is 32.1 Å². The highest BCUT2D eigenvalue weighted by Crippen LogP contribution is 2.27. The zero-order chi connectivity index (χ0) is 19.2. The van der Waals surface area contributed by atoms with Gasteiger partial charge in [-0.1, -0.05) is 31.0 Å². The first kappa shape index (κ1) is 19.4. The van der Waals surface area contributed by atoms with Crippen molar-refractivity contribution in [2.75, 3.05) is 18.8 Å². The fourth-order valence-electron chi connectivity index (χ4n) is 3.35. The number of rotatable bonds is 8. The van der Waals surface area contributed by atoms with E-state index in [2.05, 4.69) is 5.32 Å². The predicted octanol–water partition coefficient (Wildman–Crippen LogP) is 2.02. The van der Waals surface area contributed by atoms with Gasteiger partial charge in [-0.05, 0) is 37.1 Å². The summed E-state index contributed by atoms with van der Waals surface area (Å²) in [7, 11) is 0. The van der Waals surface area contributed by atoms with Gasteiger partial charge in [0.05, 0.1) is 0 Å². The molecule has 0 radical (unpaired) electrons. The minimum absolute atomic E-state index is 0.211. The van der Waals surface area contributed by atoms with Crippen molar-refractivity contribution >= 4 is 35.5 Å². The summed E-state index contributed by atoms with van der Waals surface area (Å²) < 4.78 is 0. The topological polar surface area (TPSA) is 86.8 Å². The molecule has 7 nitrogen and oxygen atoms in total. The van der Waals surface area contributed by atoms with E-state index in [1.165, 1.54) is 4.90 Å². The fraction of sp³-hybridized carbons (Fsp3) is 0.474. The Morgan fingerprint density at radius 2 is 1.78 bits per heavy atom. The lowest BCUT2D eigenvalue weighted by molar-refractivity contribution is -0.144. The molecule has 2 aliphatic rings. The SMILES string of the molecule is O=C(CN1C(=O)C(=O)N(C2CCCC2)C1=O)NCCCSc1ccccc1. The van der Waals surface area contributed by atoms with Gasteiger partial charge >= 0.3 is 17.8 Å². The van der Waals surface area contributed by atoms with Gasteiger partial charge in [0.2, 0.25) is 5.91 Å². The molecule has 1 aromatic carbocycles. The average Bonchev–Trinajstić information content (AvgIpc) is 3.26. The van der Waals surface area contributed by atoms with Gasteiger partial charge in [-0.2, -0.15) is 0 Å². The first-order valence-corrected chi connectivity index (χ1v) is 10.2. The molecule has 1 aliphatic carbocycles. The molecule has 0 spiro atoms. The Bertz CT molecular complexity index is 719. The number of carbonyl (C=O) groups is 4. The number of hydrogen-bond acceptors (Lipinski definition) is 5. The van der Waals surface area contributed by atoms with Gasteiger partial charge in [-0.25, -0.2) is 9.69 Å². The second-order valence-corrected chi connectivity index (χ2v) is 7.82. The van der Waals surface area contributed by atoms with Crippen LogP contribution in [-0.2, 0) is 14.4 Å². The number of nitrogens with zero attached hydrogens (tertiary/aromatic N) is 2. The molecule has 0 bridgehead atoms. The van der Waals surface area contributed by atoms with Crippen LogP contribution in [0.2, 0.25) is 0 Å². The largest absolute Gasteiger partial charge is 0.355 e. The van der Waals surface area contributed by atoms with E-state index < -0.39 is 30.3 Å². The van der Waals surface area contributed by atoms with Crippen molar-refractivity contribution < 1.29 is 19.2 Å². The zero-order valence-electron chi connectivity index (χ0n) is 15.1. The Kier molecular flexibility index (Phi) is 6.49. The summed E-state index contributed by atoms with van der Waals surface area (Å²) in [4.78, 5) is 51.6. The van der Waals surface area contributed by atoms with Gasteiger partial charge in [0.15, 0.2) is 0 Å². The van der Waals surface area contributed by atoms with E-state index in [0.717, 1.165) is 47.7 Å². The summed E-state index contributed by atoms with van der Waals surface area (Å²) in [5, 5.41) is 2.71. The summed E-state index contributed by atoms with van der Waals surface area (Å²) in [5.74, 6) is -1.29. The molecule has 8 heteroatoms. The molecule has 0 aromatic heterocycles. The molecule has 3 rings (SSSR count). The molecule has 1 saturated carbocycles. The zero-order valence-corrected chi connectivity index (χ0v) is 15.9. The maximum Gasteiger partial charge on any atom is 0.334 e. The summed E-state index contributed by atoms with van der Waals surface area (Å²) in [5.41, 5.74) is 0. The first-order chi connectivity index (χ1) is 13.1. The van der Waals surface area contributed by atoms with E-state index in [9.17, 15) is 19.2 Å². The Hall–Kier alpha value is -2.35. The highest BCUT2D eigenvalue weighted by molar-refractivity contribution is 7.99. The number of imide groups is 2. The van der Waals surface area contributed by atoms with Crippen molar-refractivity contribution in [1.82, 2.24) is 15.1 Å². The molecular formula is C19H23N3O4S. The normalized spacial score (nSPS) is 17.9. The molecule has 2 fully saturated rings. The first-order valence-electron chi connectivity index (χ1n) is 9.21. The number of carbonyl (C=O) groups excluding carboxylic acids is 4. The monoisotopic (exact) mass is 389 g/mol. The smallest absolute Gasteiger partial charge is 0.334 e. The van der Waals surface area contributed by atoms with Gasteiger partial charge < -0.3 is 5.32 Å². The van der Waals surface area contributed by atoms with Crippen LogP contribution in [0.3, 0.4) is 0 Å². The highest BCUT2D eigenvalue weighted by atomic mass is 32.2. The lowest BCUT2D eigenvalue weighted by Gasteiger charge is -2.20. The van der Waals surface area contributed by atoms with Crippen LogP contribution in [-0.4, -0.2) is 58.4 Å².